The van der Waals surface area contributed by atoms with E-state index >= 15 is 0 Å². The van der Waals surface area contributed by atoms with Crippen molar-refractivity contribution >= 4 is 17.9 Å². The number of aromatic nitrogens is 1. The SMILES string of the molecule is CCOc1ccccc1/C=C/C(=O)NNC(=O)c1ccccn1. The van der Waals surface area contributed by atoms with Crippen LogP contribution in [0.25, 0.3) is 6.08 Å². The van der Waals surface area contributed by atoms with Gasteiger partial charge in [0.15, 0.2) is 0 Å². The molecule has 0 bridgehead atoms. The quantitative estimate of drug-likeness (QED) is 0.653. The molecule has 2 N–H and O–H groups in total. The molecule has 0 spiro atoms. The van der Waals surface area contributed by atoms with Gasteiger partial charge in [-0.05, 0) is 31.2 Å². The summed E-state index contributed by atoms with van der Waals surface area (Å²) in [7, 11) is 0. The van der Waals surface area contributed by atoms with Crippen LogP contribution < -0.4 is 15.6 Å². The largest absolute Gasteiger partial charge is 0.493 e. The van der Waals surface area contributed by atoms with Crippen LogP contribution in [0.1, 0.15) is 23.0 Å². The Balaban J connectivity index is 1.91. The van der Waals surface area contributed by atoms with E-state index in [0.29, 0.717) is 12.4 Å². The predicted octanol–water partition coefficient (Wildman–Crippen LogP) is 1.95. The molecule has 0 aliphatic carbocycles. The number of carbonyl (C=O) groups excluding carboxylic acids is 2. The number of hydrazine groups is 1. The standard InChI is InChI=1S/C17H17N3O3/c1-2-23-15-9-4-3-7-13(15)10-11-16(21)19-20-17(22)14-8-5-6-12-18-14/h3-12H,2H2,1H3,(H,19,21)(H,20,22)/b11-10+. The fraction of sp³-hybridized carbons (Fsp3) is 0.118. The third-order valence-corrected chi connectivity index (χ3v) is 2.83. The molecule has 1 heterocycles. The highest BCUT2D eigenvalue weighted by Crippen LogP contribution is 2.19. The zero-order valence-electron chi connectivity index (χ0n) is 12.7. The first kappa shape index (κ1) is 16.2. The minimum absolute atomic E-state index is 0.221. The number of benzene rings is 1. The van der Waals surface area contributed by atoms with E-state index in [9.17, 15) is 9.59 Å². The normalized spacial score (nSPS) is 10.3. The third-order valence-electron chi connectivity index (χ3n) is 2.83. The minimum Gasteiger partial charge on any atom is -0.493 e. The first-order valence-corrected chi connectivity index (χ1v) is 7.12. The van der Waals surface area contributed by atoms with Crippen molar-refractivity contribution in [1.29, 1.82) is 0 Å². The summed E-state index contributed by atoms with van der Waals surface area (Å²) in [6.07, 6.45) is 4.44. The van der Waals surface area contributed by atoms with Crippen molar-refractivity contribution in [2.75, 3.05) is 6.61 Å². The highest BCUT2D eigenvalue weighted by atomic mass is 16.5. The van der Waals surface area contributed by atoms with Gasteiger partial charge in [-0.2, -0.15) is 0 Å². The Hall–Kier alpha value is -3.15. The van der Waals surface area contributed by atoms with Crippen molar-refractivity contribution in [3.8, 4) is 5.75 Å². The molecule has 0 aliphatic heterocycles. The number of rotatable bonds is 5. The van der Waals surface area contributed by atoms with Crippen LogP contribution >= 0.6 is 0 Å². The molecule has 118 valence electrons. The number of ether oxygens (including phenoxy) is 1. The molecule has 0 radical (unpaired) electrons. The van der Waals surface area contributed by atoms with Crippen molar-refractivity contribution in [2.45, 2.75) is 6.92 Å². The van der Waals surface area contributed by atoms with Crippen molar-refractivity contribution in [3.05, 3.63) is 66.0 Å². The van der Waals surface area contributed by atoms with Gasteiger partial charge in [-0.1, -0.05) is 24.3 Å². The number of para-hydroxylation sites is 1. The summed E-state index contributed by atoms with van der Waals surface area (Å²) < 4.78 is 5.46. The van der Waals surface area contributed by atoms with E-state index < -0.39 is 11.8 Å². The number of amides is 2. The summed E-state index contributed by atoms with van der Waals surface area (Å²) in [5.41, 5.74) is 5.59. The van der Waals surface area contributed by atoms with Gasteiger partial charge < -0.3 is 4.74 Å². The fourth-order valence-electron chi connectivity index (χ4n) is 1.79. The van der Waals surface area contributed by atoms with Crippen molar-refractivity contribution in [3.63, 3.8) is 0 Å². The van der Waals surface area contributed by atoms with Gasteiger partial charge in [0.25, 0.3) is 11.8 Å². The lowest BCUT2D eigenvalue weighted by atomic mass is 10.2. The first-order chi connectivity index (χ1) is 11.2. The summed E-state index contributed by atoms with van der Waals surface area (Å²) in [5.74, 6) is -0.251. The van der Waals surface area contributed by atoms with E-state index in [2.05, 4.69) is 15.8 Å². The molecule has 0 unspecified atom stereocenters. The number of hydrogen-bond acceptors (Lipinski definition) is 4. The zero-order chi connectivity index (χ0) is 16.5. The van der Waals surface area contributed by atoms with Crippen molar-refractivity contribution < 1.29 is 14.3 Å². The second kappa shape index (κ2) is 8.33. The lowest BCUT2D eigenvalue weighted by molar-refractivity contribution is -0.117. The number of carbonyl (C=O) groups is 2. The number of hydrogen-bond donors (Lipinski definition) is 2. The molecule has 0 saturated carbocycles. The molecule has 0 aliphatic rings. The average Bonchev–Trinajstić information content (AvgIpc) is 2.60. The highest BCUT2D eigenvalue weighted by Gasteiger charge is 2.06. The van der Waals surface area contributed by atoms with Crippen LogP contribution in [0.2, 0.25) is 0 Å². The molecule has 1 aromatic heterocycles. The monoisotopic (exact) mass is 311 g/mol. The minimum atomic E-state index is -0.484. The van der Waals surface area contributed by atoms with Gasteiger partial charge in [0.05, 0.1) is 6.61 Å². The molecule has 0 atom stereocenters. The van der Waals surface area contributed by atoms with Crippen LogP contribution in [0.4, 0.5) is 0 Å². The topological polar surface area (TPSA) is 80.3 Å². The third kappa shape index (κ3) is 4.96. The maximum absolute atomic E-state index is 11.7. The molecule has 0 fully saturated rings. The van der Waals surface area contributed by atoms with Crippen LogP contribution in [-0.2, 0) is 4.79 Å². The number of pyridine rings is 1. The molecule has 6 heteroatoms. The average molecular weight is 311 g/mol. The molecule has 0 saturated heterocycles. The van der Waals surface area contributed by atoms with E-state index in [1.165, 1.54) is 12.3 Å². The molecule has 23 heavy (non-hydrogen) atoms. The second-order valence-corrected chi connectivity index (χ2v) is 4.46. The summed E-state index contributed by atoms with van der Waals surface area (Å²) in [4.78, 5) is 27.4. The van der Waals surface area contributed by atoms with Gasteiger partial charge in [0.1, 0.15) is 11.4 Å². The van der Waals surface area contributed by atoms with Gasteiger partial charge in [-0.25, -0.2) is 0 Å². The van der Waals surface area contributed by atoms with E-state index in [4.69, 9.17) is 4.74 Å². The van der Waals surface area contributed by atoms with E-state index in [0.717, 1.165) is 5.56 Å². The molecule has 1 aromatic carbocycles. The van der Waals surface area contributed by atoms with Gasteiger partial charge in [0, 0.05) is 17.8 Å². The summed E-state index contributed by atoms with van der Waals surface area (Å²) in [6.45, 7) is 2.43. The molecule has 2 rings (SSSR count). The Bertz CT molecular complexity index is 699. The van der Waals surface area contributed by atoms with E-state index in [-0.39, 0.29) is 5.69 Å². The van der Waals surface area contributed by atoms with Crippen LogP contribution in [-0.4, -0.2) is 23.4 Å². The molecule has 2 aromatic rings. The lowest BCUT2D eigenvalue weighted by Gasteiger charge is -2.06. The van der Waals surface area contributed by atoms with Gasteiger partial charge >= 0.3 is 0 Å². The summed E-state index contributed by atoms with van der Waals surface area (Å²) >= 11 is 0. The first-order valence-electron chi connectivity index (χ1n) is 7.12. The maximum Gasteiger partial charge on any atom is 0.288 e. The van der Waals surface area contributed by atoms with E-state index in [1.54, 1.807) is 24.3 Å². The van der Waals surface area contributed by atoms with Gasteiger partial charge in [-0.15, -0.1) is 0 Å². The lowest BCUT2D eigenvalue weighted by Crippen LogP contribution is -2.41. The zero-order valence-corrected chi connectivity index (χ0v) is 12.7. The van der Waals surface area contributed by atoms with Gasteiger partial charge in [0.2, 0.25) is 0 Å². The Morgan fingerprint density at radius 3 is 2.65 bits per heavy atom. The number of nitrogens with one attached hydrogen (secondary N) is 2. The van der Waals surface area contributed by atoms with E-state index in [1.807, 2.05) is 31.2 Å². The van der Waals surface area contributed by atoms with Crippen molar-refractivity contribution in [1.82, 2.24) is 15.8 Å². The molecule has 6 nitrogen and oxygen atoms in total. The van der Waals surface area contributed by atoms with Crippen LogP contribution in [0, 0.1) is 0 Å². The summed E-state index contributed by atoms with van der Waals surface area (Å²) in [6, 6.07) is 12.3. The Labute approximate surface area is 134 Å². The maximum atomic E-state index is 11.7. The van der Waals surface area contributed by atoms with Crippen LogP contribution in [0.15, 0.2) is 54.7 Å². The van der Waals surface area contributed by atoms with Crippen LogP contribution in [0.5, 0.6) is 5.75 Å². The predicted molar refractivity (Wildman–Crippen MR) is 86.5 cm³/mol. The molecular weight excluding hydrogens is 294 g/mol. The van der Waals surface area contributed by atoms with Gasteiger partial charge in [-0.3, -0.25) is 25.4 Å². The smallest absolute Gasteiger partial charge is 0.288 e. The number of nitrogens with zero attached hydrogens (tertiary/aromatic N) is 1. The summed E-state index contributed by atoms with van der Waals surface area (Å²) in [5, 5.41) is 0. The second-order valence-electron chi connectivity index (χ2n) is 4.46. The molecular formula is C17H17N3O3. The van der Waals surface area contributed by atoms with Crippen LogP contribution in [0.3, 0.4) is 0 Å². The highest BCUT2D eigenvalue weighted by molar-refractivity contribution is 5.96. The molecule has 2 amide bonds. The Kier molecular flexibility index (Phi) is 5.88. The Morgan fingerprint density at radius 1 is 1.13 bits per heavy atom. The fourth-order valence-corrected chi connectivity index (χ4v) is 1.79. The Morgan fingerprint density at radius 2 is 1.91 bits per heavy atom. The van der Waals surface area contributed by atoms with Crippen molar-refractivity contribution in [2.24, 2.45) is 0 Å².